The molecule has 0 aliphatic carbocycles. The Labute approximate surface area is 167 Å². The molecule has 1 atom stereocenters. The van der Waals surface area contributed by atoms with Gasteiger partial charge in [0.25, 0.3) is 5.91 Å². The highest BCUT2D eigenvalue weighted by molar-refractivity contribution is 9.10. The van der Waals surface area contributed by atoms with E-state index in [9.17, 15) is 9.59 Å². The van der Waals surface area contributed by atoms with Crippen molar-refractivity contribution in [2.45, 2.75) is 33.0 Å². The van der Waals surface area contributed by atoms with Gasteiger partial charge >= 0.3 is 6.09 Å². The number of hydrazine groups is 1. The molecule has 0 fully saturated rings. The molecular weight excluding hydrogens is 410 g/mol. The molecule has 2 aromatic carbocycles. The van der Waals surface area contributed by atoms with E-state index >= 15 is 0 Å². The molecule has 2 amide bonds. The Bertz CT molecular complexity index is 736. The highest BCUT2D eigenvalue weighted by atomic mass is 79.9. The Morgan fingerprint density at radius 1 is 1.00 bits per heavy atom. The number of halogens is 1. The van der Waals surface area contributed by atoms with Gasteiger partial charge in [0.1, 0.15) is 12.6 Å². The van der Waals surface area contributed by atoms with Crippen molar-refractivity contribution in [1.29, 1.82) is 0 Å². The summed E-state index contributed by atoms with van der Waals surface area (Å²) in [4.78, 5) is 24.4. The second kappa shape index (κ2) is 10.7. The zero-order chi connectivity index (χ0) is 19.6. The van der Waals surface area contributed by atoms with Gasteiger partial charge in [0.05, 0.1) is 0 Å². The van der Waals surface area contributed by atoms with Crippen LogP contribution in [0.4, 0.5) is 4.79 Å². The molecule has 0 unspecified atom stereocenters. The maximum Gasteiger partial charge on any atom is 0.408 e. The lowest BCUT2D eigenvalue weighted by atomic mass is 10.0. The number of amides is 2. The molecular formula is C20H24BrN3O3. The molecule has 0 radical (unpaired) electrons. The van der Waals surface area contributed by atoms with E-state index in [1.165, 1.54) is 0 Å². The lowest BCUT2D eigenvalue weighted by Crippen LogP contribution is -2.53. The van der Waals surface area contributed by atoms with E-state index in [0.29, 0.717) is 6.54 Å². The maximum absolute atomic E-state index is 12.4. The van der Waals surface area contributed by atoms with E-state index in [1.807, 2.05) is 68.4 Å². The summed E-state index contributed by atoms with van der Waals surface area (Å²) in [6.07, 6.45) is -0.624. The standard InChI is InChI=1S/C20H24BrN3O3/c1-14(2)18(23-20(26)27-13-16-6-4-3-5-7-16)19(25)24-22-12-15-8-10-17(21)11-9-15/h3-11,14,18,22H,12-13H2,1-2H3,(H,23,26)(H,24,25)/t18-/m0/s1. The van der Waals surface area contributed by atoms with Crippen molar-refractivity contribution in [3.8, 4) is 0 Å². The molecule has 3 N–H and O–H groups in total. The molecule has 27 heavy (non-hydrogen) atoms. The molecule has 2 aromatic rings. The van der Waals surface area contributed by atoms with Crippen LogP contribution in [-0.4, -0.2) is 18.0 Å². The molecule has 0 heterocycles. The minimum Gasteiger partial charge on any atom is -0.445 e. The van der Waals surface area contributed by atoms with E-state index in [0.717, 1.165) is 15.6 Å². The Morgan fingerprint density at radius 2 is 1.67 bits per heavy atom. The molecule has 0 aliphatic heterocycles. The lowest BCUT2D eigenvalue weighted by molar-refractivity contribution is -0.125. The average Bonchev–Trinajstić information content (AvgIpc) is 2.66. The second-order valence-corrected chi connectivity index (χ2v) is 7.31. The van der Waals surface area contributed by atoms with E-state index < -0.39 is 12.1 Å². The summed E-state index contributed by atoms with van der Waals surface area (Å²) in [5.74, 6) is -0.414. The largest absolute Gasteiger partial charge is 0.445 e. The van der Waals surface area contributed by atoms with Crippen molar-refractivity contribution in [3.63, 3.8) is 0 Å². The summed E-state index contributed by atoms with van der Waals surface area (Å²) in [5.41, 5.74) is 7.42. The number of alkyl carbamates (subject to hydrolysis) is 1. The third-order valence-corrected chi connectivity index (χ3v) is 4.38. The molecule has 0 saturated carbocycles. The summed E-state index contributed by atoms with van der Waals surface area (Å²) < 4.78 is 6.18. The van der Waals surface area contributed by atoms with Crippen LogP contribution in [0.1, 0.15) is 25.0 Å². The smallest absolute Gasteiger partial charge is 0.408 e. The van der Waals surface area contributed by atoms with E-state index in [2.05, 4.69) is 32.1 Å². The van der Waals surface area contributed by atoms with Crippen molar-refractivity contribution >= 4 is 27.9 Å². The molecule has 6 nitrogen and oxygen atoms in total. The number of hydrogen-bond acceptors (Lipinski definition) is 4. The molecule has 144 valence electrons. The van der Waals surface area contributed by atoms with E-state index in [-0.39, 0.29) is 18.4 Å². The van der Waals surface area contributed by atoms with Gasteiger partial charge in [-0.1, -0.05) is 72.2 Å². The van der Waals surface area contributed by atoms with Gasteiger partial charge < -0.3 is 10.1 Å². The van der Waals surface area contributed by atoms with Crippen LogP contribution >= 0.6 is 15.9 Å². The fraction of sp³-hybridized carbons (Fsp3) is 0.300. The highest BCUT2D eigenvalue weighted by Crippen LogP contribution is 2.10. The number of hydrogen-bond donors (Lipinski definition) is 3. The van der Waals surface area contributed by atoms with Crippen LogP contribution in [0.5, 0.6) is 0 Å². The first kappa shape index (κ1) is 20.9. The zero-order valence-electron chi connectivity index (χ0n) is 15.4. The number of nitrogens with one attached hydrogen (secondary N) is 3. The van der Waals surface area contributed by atoms with Gasteiger partial charge in [-0.2, -0.15) is 0 Å². The van der Waals surface area contributed by atoms with E-state index in [4.69, 9.17) is 4.74 Å². The number of rotatable bonds is 8. The van der Waals surface area contributed by atoms with Crippen LogP contribution in [-0.2, 0) is 22.7 Å². The van der Waals surface area contributed by atoms with Crippen LogP contribution < -0.4 is 16.2 Å². The number of carbonyl (C=O) groups is 2. The summed E-state index contributed by atoms with van der Waals surface area (Å²) in [7, 11) is 0. The van der Waals surface area contributed by atoms with Gasteiger partial charge in [0.15, 0.2) is 0 Å². The Kier molecular flexibility index (Phi) is 8.29. The fourth-order valence-corrected chi connectivity index (χ4v) is 2.60. The van der Waals surface area contributed by atoms with Crippen LogP contribution in [0.15, 0.2) is 59.1 Å². The number of carbonyl (C=O) groups excluding carboxylic acids is 2. The first-order valence-electron chi connectivity index (χ1n) is 8.70. The lowest BCUT2D eigenvalue weighted by Gasteiger charge is -2.21. The predicted octanol–water partition coefficient (Wildman–Crippen LogP) is 3.52. The number of ether oxygens (including phenoxy) is 1. The summed E-state index contributed by atoms with van der Waals surface area (Å²) in [5, 5.41) is 2.62. The van der Waals surface area contributed by atoms with Crippen molar-refractivity contribution in [3.05, 3.63) is 70.2 Å². The quantitative estimate of drug-likeness (QED) is 0.556. The van der Waals surface area contributed by atoms with Crippen molar-refractivity contribution in [2.75, 3.05) is 0 Å². The minimum atomic E-state index is -0.703. The zero-order valence-corrected chi connectivity index (χ0v) is 17.0. The number of benzene rings is 2. The van der Waals surface area contributed by atoms with Crippen molar-refractivity contribution in [2.24, 2.45) is 5.92 Å². The average molecular weight is 434 g/mol. The Balaban J connectivity index is 1.79. The Morgan fingerprint density at radius 3 is 2.30 bits per heavy atom. The van der Waals surface area contributed by atoms with Crippen LogP contribution in [0.25, 0.3) is 0 Å². The molecule has 2 rings (SSSR count). The van der Waals surface area contributed by atoms with Gasteiger partial charge in [-0.3, -0.25) is 10.2 Å². The molecule has 0 aromatic heterocycles. The first-order valence-corrected chi connectivity index (χ1v) is 9.49. The van der Waals surface area contributed by atoms with Crippen LogP contribution in [0.3, 0.4) is 0 Å². The molecule has 7 heteroatoms. The van der Waals surface area contributed by atoms with Crippen molar-refractivity contribution < 1.29 is 14.3 Å². The minimum absolute atomic E-state index is 0.0937. The summed E-state index contributed by atoms with van der Waals surface area (Å²) in [6, 6.07) is 16.4. The molecule has 0 spiro atoms. The summed E-state index contributed by atoms with van der Waals surface area (Å²) in [6.45, 7) is 4.34. The molecule has 0 saturated heterocycles. The fourth-order valence-electron chi connectivity index (χ4n) is 2.34. The van der Waals surface area contributed by atoms with E-state index in [1.54, 1.807) is 0 Å². The maximum atomic E-state index is 12.4. The van der Waals surface area contributed by atoms with Crippen LogP contribution in [0.2, 0.25) is 0 Å². The normalized spacial score (nSPS) is 11.7. The van der Waals surface area contributed by atoms with Gasteiger partial charge in [0, 0.05) is 11.0 Å². The first-order chi connectivity index (χ1) is 13.0. The monoisotopic (exact) mass is 433 g/mol. The SMILES string of the molecule is CC(C)[C@H](NC(=O)OCc1ccccc1)C(=O)NNCc1ccc(Br)cc1. The summed E-state index contributed by atoms with van der Waals surface area (Å²) >= 11 is 3.38. The predicted molar refractivity (Wildman–Crippen MR) is 108 cm³/mol. The van der Waals surface area contributed by atoms with Gasteiger partial charge in [0.2, 0.25) is 0 Å². The molecule has 0 bridgehead atoms. The molecule has 0 aliphatic rings. The van der Waals surface area contributed by atoms with Gasteiger partial charge in [-0.15, -0.1) is 0 Å². The second-order valence-electron chi connectivity index (χ2n) is 6.40. The highest BCUT2D eigenvalue weighted by Gasteiger charge is 2.24. The van der Waals surface area contributed by atoms with Gasteiger partial charge in [-0.25, -0.2) is 10.2 Å². The third kappa shape index (κ3) is 7.40. The third-order valence-electron chi connectivity index (χ3n) is 3.85. The topological polar surface area (TPSA) is 79.5 Å². The van der Waals surface area contributed by atoms with Crippen molar-refractivity contribution in [1.82, 2.24) is 16.2 Å². The van der Waals surface area contributed by atoms with Crippen LogP contribution in [0, 0.1) is 5.92 Å². The Hall–Kier alpha value is -2.38. The van der Waals surface area contributed by atoms with Gasteiger partial charge in [-0.05, 0) is 29.2 Å².